The number of nitrogens with zero attached hydrogens (tertiary/aromatic N) is 2. The monoisotopic (exact) mass is 284 g/mol. The molecule has 21 heavy (non-hydrogen) atoms. The Morgan fingerprint density at radius 2 is 1.90 bits per heavy atom. The minimum Gasteiger partial charge on any atom is -0.868 e. The summed E-state index contributed by atoms with van der Waals surface area (Å²) in [6, 6.07) is 12.0. The number of rotatable bonds is 4. The van der Waals surface area contributed by atoms with Crippen molar-refractivity contribution < 1.29 is 14.8 Å². The van der Waals surface area contributed by atoms with E-state index in [1.807, 2.05) is 0 Å². The van der Waals surface area contributed by atoms with Gasteiger partial charge in [0.25, 0.3) is 11.6 Å². The molecule has 2 aromatic rings. The molecule has 0 spiro atoms. The Morgan fingerprint density at radius 3 is 2.57 bits per heavy atom. The number of hydrogen-bond donors (Lipinski definition) is 1. The molecule has 0 unspecified atom stereocenters. The molecule has 1 N–H and O–H groups in total. The highest BCUT2D eigenvalue weighted by molar-refractivity contribution is 5.94. The molecule has 2 aromatic carbocycles. The number of carbonyl (C=O) groups is 1. The van der Waals surface area contributed by atoms with Gasteiger partial charge in [0.2, 0.25) is 0 Å². The zero-order chi connectivity index (χ0) is 15.2. The van der Waals surface area contributed by atoms with E-state index in [1.165, 1.54) is 12.3 Å². The van der Waals surface area contributed by atoms with Gasteiger partial charge in [-0.15, -0.1) is 0 Å². The Hall–Kier alpha value is -3.22. The predicted octanol–water partition coefficient (Wildman–Crippen LogP) is 1.43. The van der Waals surface area contributed by atoms with Crippen molar-refractivity contribution in [3.8, 4) is 5.75 Å². The van der Waals surface area contributed by atoms with Gasteiger partial charge in [0.05, 0.1) is 11.1 Å². The second-order valence-electron chi connectivity index (χ2n) is 4.05. The van der Waals surface area contributed by atoms with Gasteiger partial charge in [0, 0.05) is 17.2 Å². The largest absolute Gasteiger partial charge is 0.868 e. The van der Waals surface area contributed by atoms with Gasteiger partial charge in [-0.3, -0.25) is 14.9 Å². The van der Waals surface area contributed by atoms with Crippen molar-refractivity contribution in [3.05, 3.63) is 69.8 Å². The van der Waals surface area contributed by atoms with E-state index in [1.54, 1.807) is 30.3 Å². The van der Waals surface area contributed by atoms with Crippen molar-refractivity contribution in [1.29, 1.82) is 0 Å². The van der Waals surface area contributed by atoms with E-state index in [0.29, 0.717) is 11.1 Å². The number of hydrazone groups is 1. The zero-order valence-electron chi connectivity index (χ0n) is 10.7. The van der Waals surface area contributed by atoms with Gasteiger partial charge >= 0.3 is 0 Å². The standard InChI is InChI=1S/C14H11N3O4/c18-13-7-6-10(8-12(13)17(20)21)9-15-16-14(19)11-4-2-1-3-5-11/h1-9,18H,(H,16,19)/p-1/b15-9-. The Morgan fingerprint density at radius 1 is 1.19 bits per heavy atom. The van der Waals surface area contributed by atoms with Crippen LogP contribution in [-0.4, -0.2) is 17.0 Å². The summed E-state index contributed by atoms with van der Waals surface area (Å²) in [6.07, 6.45) is 1.23. The first-order valence-corrected chi connectivity index (χ1v) is 5.92. The maximum Gasteiger partial charge on any atom is 0.271 e. The van der Waals surface area contributed by atoms with Crippen LogP contribution in [0.5, 0.6) is 5.75 Å². The number of benzene rings is 2. The molecule has 0 aliphatic heterocycles. The fourth-order valence-electron chi connectivity index (χ4n) is 1.58. The number of nitro groups is 1. The number of amides is 1. The van der Waals surface area contributed by atoms with Crippen LogP contribution >= 0.6 is 0 Å². The third kappa shape index (κ3) is 3.63. The summed E-state index contributed by atoms with van der Waals surface area (Å²) in [5.41, 5.74) is 2.54. The molecule has 0 aliphatic carbocycles. The molecule has 1 amide bonds. The van der Waals surface area contributed by atoms with Gasteiger partial charge in [-0.25, -0.2) is 5.43 Å². The van der Waals surface area contributed by atoms with Gasteiger partial charge in [0.1, 0.15) is 0 Å². The predicted molar refractivity (Wildman–Crippen MR) is 74.0 cm³/mol. The van der Waals surface area contributed by atoms with Crippen LogP contribution in [-0.2, 0) is 0 Å². The van der Waals surface area contributed by atoms with E-state index in [4.69, 9.17) is 0 Å². The van der Waals surface area contributed by atoms with Crippen LogP contribution in [0.15, 0.2) is 53.6 Å². The molecule has 0 saturated carbocycles. The van der Waals surface area contributed by atoms with Crippen LogP contribution < -0.4 is 10.5 Å². The summed E-state index contributed by atoms with van der Waals surface area (Å²) in [5.74, 6) is -1.08. The first-order chi connectivity index (χ1) is 10.1. The SMILES string of the molecule is O=C(N/N=C\c1ccc([O-])c([N+](=O)[O-])c1)c1ccccc1. The molecule has 0 saturated heterocycles. The van der Waals surface area contributed by atoms with Crippen molar-refractivity contribution in [3.63, 3.8) is 0 Å². The lowest BCUT2D eigenvalue weighted by Gasteiger charge is -2.05. The second-order valence-corrected chi connectivity index (χ2v) is 4.05. The van der Waals surface area contributed by atoms with Crippen LogP contribution in [0.4, 0.5) is 5.69 Å². The lowest BCUT2D eigenvalue weighted by Crippen LogP contribution is -2.17. The summed E-state index contributed by atoms with van der Waals surface area (Å²) >= 11 is 0. The van der Waals surface area contributed by atoms with Crippen molar-refractivity contribution >= 4 is 17.8 Å². The highest BCUT2D eigenvalue weighted by atomic mass is 16.6. The Bertz CT molecular complexity index is 699. The summed E-state index contributed by atoms with van der Waals surface area (Å²) in [7, 11) is 0. The summed E-state index contributed by atoms with van der Waals surface area (Å²) in [5, 5.41) is 25.6. The average molecular weight is 284 g/mol. The summed E-state index contributed by atoms with van der Waals surface area (Å²) in [4.78, 5) is 21.6. The fourth-order valence-corrected chi connectivity index (χ4v) is 1.58. The molecule has 106 valence electrons. The minimum absolute atomic E-state index is 0.342. The summed E-state index contributed by atoms with van der Waals surface area (Å²) < 4.78 is 0. The highest BCUT2D eigenvalue weighted by Crippen LogP contribution is 2.22. The molecule has 0 fully saturated rings. The van der Waals surface area contributed by atoms with Crippen LogP contribution in [0.1, 0.15) is 15.9 Å². The van der Waals surface area contributed by atoms with E-state index < -0.39 is 22.3 Å². The Kier molecular flexibility index (Phi) is 4.25. The van der Waals surface area contributed by atoms with Gasteiger partial charge in [-0.2, -0.15) is 5.10 Å². The van der Waals surface area contributed by atoms with Crippen molar-refractivity contribution in [2.75, 3.05) is 0 Å². The van der Waals surface area contributed by atoms with E-state index in [9.17, 15) is 20.0 Å². The van der Waals surface area contributed by atoms with E-state index in [-0.39, 0.29) is 0 Å². The first kappa shape index (κ1) is 14.2. The van der Waals surface area contributed by atoms with E-state index in [2.05, 4.69) is 10.5 Å². The third-order valence-corrected chi connectivity index (χ3v) is 2.60. The van der Waals surface area contributed by atoms with Crippen molar-refractivity contribution in [2.24, 2.45) is 5.10 Å². The number of hydrogen-bond acceptors (Lipinski definition) is 5. The minimum atomic E-state index is -0.762. The molecule has 0 atom stereocenters. The van der Waals surface area contributed by atoms with Crippen LogP contribution in [0.25, 0.3) is 0 Å². The smallest absolute Gasteiger partial charge is 0.271 e. The molecule has 0 heterocycles. The molecule has 0 bridgehead atoms. The highest BCUT2D eigenvalue weighted by Gasteiger charge is 2.07. The van der Waals surface area contributed by atoms with Crippen LogP contribution in [0.3, 0.4) is 0 Å². The quantitative estimate of drug-likeness (QED) is 0.520. The number of nitrogens with one attached hydrogen (secondary N) is 1. The molecule has 7 heteroatoms. The zero-order valence-corrected chi connectivity index (χ0v) is 10.7. The lowest BCUT2D eigenvalue weighted by molar-refractivity contribution is -0.398. The molecule has 0 aliphatic rings. The molecule has 0 aromatic heterocycles. The molecule has 7 nitrogen and oxygen atoms in total. The normalized spacial score (nSPS) is 10.5. The van der Waals surface area contributed by atoms with E-state index in [0.717, 1.165) is 12.1 Å². The maximum absolute atomic E-state index is 11.7. The van der Waals surface area contributed by atoms with Crippen LogP contribution in [0, 0.1) is 10.1 Å². The summed E-state index contributed by atoms with van der Waals surface area (Å²) in [6.45, 7) is 0. The Labute approximate surface area is 119 Å². The van der Waals surface area contributed by atoms with E-state index >= 15 is 0 Å². The molecular formula is C14H10N3O4-. The van der Waals surface area contributed by atoms with Gasteiger partial charge in [0.15, 0.2) is 0 Å². The second kappa shape index (κ2) is 6.29. The Balaban J connectivity index is 2.07. The third-order valence-electron chi connectivity index (χ3n) is 2.60. The average Bonchev–Trinajstić information content (AvgIpc) is 2.49. The maximum atomic E-state index is 11.7. The van der Waals surface area contributed by atoms with Crippen molar-refractivity contribution in [1.82, 2.24) is 5.43 Å². The fraction of sp³-hybridized carbons (Fsp3) is 0. The lowest BCUT2D eigenvalue weighted by atomic mass is 10.2. The van der Waals surface area contributed by atoms with Gasteiger partial charge in [-0.05, 0) is 17.9 Å². The van der Waals surface area contributed by atoms with Crippen LogP contribution in [0.2, 0.25) is 0 Å². The topological polar surface area (TPSA) is 108 Å². The first-order valence-electron chi connectivity index (χ1n) is 5.92. The van der Waals surface area contributed by atoms with Crippen molar-refractivity contribution in [2.45, 2.75) is 0 Å². The molecule has 2 rings (SSSR count). The number of nitro benzene ring substituents is 1. The van der Waals surface area contributed by atoms with Gasteiger partial charge < -0.3 is 5.11 Å². The molecule has 0 radical (unpaired) electrons. The number of carbonyl (C=O) groups excluding carboxylic acids is 1. The van der Waals surface area contributed by atoms with Gasteiger partial charge in [-0.1, -0.05) is 30.3 Å². The molecular weight excluding hydrogens is 274 g/mol.